The highest BCUT2D eigenvalue weighted by Crippen LogP contribution is 2.36. The molecule has 0 atom stereocenters. The Labute approximate surface area is 155 Å². The summed E-state index contributed by atoms with van der Waals surface area (Å²) in [6.07, 6.45) is 9.96. The quantitative estimate of drug-likeness (QED) is 0.438. The Morgan fingerprint density at radius 3 is 1.56 bits per heavy atom. The van der Waals surface area contributed by atoms with Gasteiger partial charge in [0.2, 0.25) is 0 Å². The van der Waals surface area contributed by atoms with E-state index in [1.54, 1.807) is 0 Å². The van der Waals surface area contributed by atoms with E-state index in [0.29, 0.717) is 0 Å². The summed E-state index contributed by atoms with van der Waals surface area (Å²) >= 11 is 0. The molecule has 0 aliphatic carbocycles. The van der Waals surface area contributed by atoms with Crippen LogP contribution < -0.4 is 5.46 Å². The topological polar surface area (TPSA) is 18.5 Å². The fraction of sp³-hybridized carbons (Fsp3) is 0.727. The van der Waals surface area contributed by atoms with Crippen molar-refractivity contribution < 1.29 is 9.31 Å². The summed E-state index contributed by atoms with van der Waals surface area (Å²) in [7, 11) is -0.249. The van der Waals surface area contributed by atoms with E-state index in [-0.39, 0.29) is 18.3 Å². The lowest BCUT2D eigenvalue weighted by Crippen LogP contribution is -2.41. The smallest absolute Gasteiger partial charge is 0.399 e. The van der Waals surface area contributed by atoms with Crippen LogP contribution in [0.4, 0.5) is 0 Å². The Morgan fingerprint density at radius 1 is 0.720 bits per heavy atom. The molecule has 1 fully saturated rings. The van der Waals surface area contributed by atoms with E-state index in [1.165, 1.54) is 55.1 Å². The minimum absolute atomic E-state index is 0.249. The van der Waals surface area contributed by atoms with Crippen LogP contribution in [0.3, 0.4) is 0 Å². The molecule has 25 heavy (non-hydrogen) atoms. The molecular weight excluding hydrogens is 307 g/mol. The normalized spacial score (nSPS) is 18.7. The van der Waals surface area contributed by atoms with Crippen molar-refractivity contribution in [3.8, 4) is 0 Å². The first-order chi connectivity index (χ1) is 11.8. The number of unbranched alkanes of at least 4 members (excludes halogenated alkanes) is 4. The number of hydrogen-bond donors (Lipinski definition) is 0. The predicted octanol–water partition coefficient (Wildman–Crippen LogP) is 5.45. The third-order valence-corrected chi connectivity index (χ3v) is 5.74. The van der Waals surface area contributed by atoms with Crippen molar-refractivity contribution in [2.75, 3.05) is 0 Å². The van der Waals surface area contributed by atoms with Crippen LogP contribution in [0.2, 0.25) is 0 Å². The van der Waals surface area contributed by atoms with E-state index in [0.717, 1.165) is 12.8 Å². The Kier molecular flexibility index (Phi) is 7.16. The second-order valence-electron chi connectivity index (χ2n) is 8.59. The molecule has 0 spiro atoms. The van der Waals surface area contributed by atoms with Crippen molar-refractivity contribution in [3.63, 3.8) is 0 Å². The number of aryl methyl sites for hydroxylation is 2. The zero-order chi connectivity index (χ0) is 18.5. The largest absolute Gasteiger partial charge is 0.494 e. The van der Waals surface area contributed by atoms with Gasteiger partial charge in [0.15, 0.2) is 0 Å². The van der Waals surface area contributed by atoms with Gasteiger partial charge in [0, 0.05) is 0 Å². The molecule has 2 nitrogen and oxygen atoms in total. The molecule has 1 aromatic carbocycles. The summed E-state index contributed by atoms with van der Waals surface area (Å²) in [5, 5.41) is 0. The number of benzene rings is 1. The molecule has 2 rings (SSSR count). The van der Waals surface area contributed by atoms with E-state index in [1.807, 2.05) is 0 Å². The van der Waals surface area contributed by atoms with Crippen molar-refractivity contribution in [1.29, 1.82) is 0 Å². The monoisotopic (exact) mass is 344 g/mol. The van der Waals surface area contributed by atoms with Crippen LogP contribution in [0.25, 0.3) is 0 Å². The highest BCUT2D eigenvalue weighted by atomic mass is 16.7. The van der Waals surface area contributed by atoms with Crippen molar-refractivity contribution in [1.82, 2.24) is 0 Å². The van der Waals surface area contributed by atoms with Gasteiger partial charge >= 0.3 is 7.12 Å². The van der Waals surface area contributed by atoms with Crippen molar-refractivity contribution in [2.45, 2.75) is 104 Å². The maximum Gasteiger partial charge on any atom is 0.494 e. The minimum atomic E-state index is -0.280. The molecule has 0 unspecified atom stereocenters. The third kappa shape index (κ3) is 5.34. The SMILES string of the molecule is CCCCCc1cc(CCCCC)cc(B2OC(C)(C)C(C)(C)O2)c1. The molecule has 0 bridgehead atoms. The molecule has 1 saturated heterocycles. The molecule has 1 aliphatic heterocycles. The molecule has 0 radical (unpaired) electrons. The molecule has 0 aromatic heterocycles. The van der Waals surface area contributed by atoms with Gasteiger partial charge in [-0.15, -0.1) is 0 Å². The van der Waals surface area contributed by atoms with E-state index in [2.05, 4.69) is 59.7 Å². The molecule has 1 heterocycles. The van der Waals surface area contributed by atoms with Crippen LogP contribution in [0, 0.1) is 0 Å². The van der Waals surface area contributed by atoms with Gasteiger partial charge in [-0.1, -0.05) is 57.7 Å². The lowest BCUT2D eigenvalue weighted by Gasteiger charge is -2.32. The molecule has 0 N–H and O–H groups in total. The first kappa shape index (κ1) is 20.5. The molecule has 0 amide bonds. The third-order valence-electron chi connectivity index (χ3n) is 5.74. The highest BCUT2D eigenvalue weighted by Gasteiger charge is 2.51. The Hall–Kier alpha value is -0.795. The standard InChI is InChI=1S/C22H37BO2/c1-7-9-11-13-18-15-19(14-12-10-8-2)17-20(16-18)23-24-21(3,4)22(5,6)25-23/h15-17H,7-14H2,1-6H3. The maximum atomic E-state index is 6.29. The van der Waals surface area contributed by atoms with Crippen LogP contribution in [-0.4, -0.2) is 18.3 Å². The van der Waals surface area contributed by atoms with Gasteiger partial charge < -0.3 is 9.31 Å². The van der Waals surface area contributed by atoms with E-state index in [9.17, 15) is 0 Å². The van der Waals surface area contributed by atoms with Gasteiger partial charge in [0.1, 0.15) is 0 Å². The van der Waals surface area contributed by atoms with Crippen LogP contribution in [0.1, 0.15) is 91.2 Å². The molecule has 1 aliphatic rings. The summed E-state index contributed by atoms with van der Waals surface area (Å²) in [5.74, 6) is 0. The van der Waals surface area contributed by atoms with Gasteiger partial charge in [-0.3, -0.25) is 0 Å². The summed E-state index contributed by atoms with van der Waals surface area (Å²) in [6, 6.07) is 7.02. The van der Waals surface area contributed by atoms with Crippen LogP contribution >= 0.6 is 0 Å². The number of rotatable bonds is 9. The molecule has 3 heteroatoms. The van der Waals surface area contributed by atoms with Gasteiger partial charge in [0.25, 0.3) is 0 Å². The molecule has 140 valence electrons. The summed E-state index contributed by atoms with van der Waals surface area (Å²) in [6.45, 7) is 13.0. The summed E-state index contributed by atoms with van der Waals surface area (Å²) in [4.78, 5) is 0. The molecular formula is C22H37BO2. The minimum Gasteiger partial charge on any atom is -0.399 e. The van der Waals surface area contributed by atoms with Crippen LogP contribution in [-0.2, 0) is 22.2 Å². The summed E-state index contributed by atoms with van der Waals surface area (Å²) in [5.41, 5.74) is 3.51. The van der Waals surface area contributed by atoms with Crippen molar-refractivity contribution >= 4 is 12.6 Å². The summed E-state index contributed by atoms with van der Waals surface area (Å²) < 4.78 is 12.6. The van der Waals surface area contributed by atoms with Gasteiger partial charge in [-0.2, -0.15) is 0 Å². The van der Waals surface area contributed by atoms with E-state index < -0.39 is 0 Å². The fourth-order valence-corrected chi connectivity index (χ4v) is 3.35. The fourth-order valence-electron chi connectivity index (χ4n) is 3.35. The van der Waals surface area contributed by atoms with E-state index >= 15 is 0 Å². The lowest BCUT2D eigenvalue weighted by molar-refractivity contribution is 0.00578. The van der Waals surface area contributed by atoms with Crippen molar-refractivity contribution in [3.05, 3.63) is 29.3 Å². The Balaban J connectivity index is 2.20. The zero-order valence-corrected chi connectivity index (χ0v) is 17.3. The first-order valence-electron chi connectivity index (χ1n) is 10.3. The second kappa shape index (κ2) is 8.73. The molecule has 1 aromatic rings. The highest BCUT2D eigenvalue weighted by molar-refractivity contribution is 6.62. The van der Waals surface area contributed by atoms with Gasteiger partial charge in [-0.05, 0) is 70.0 Å². The average Bonchev–Trinajstić information content (AvgIpc) is 2.76. The predicted molar refractivity (Wildman–Crippen MR) is 109 cm³/mol. The Bertz CT molecular complexity index is 507. The zero-order valence-electron chi connectivity index (χ0n) is 17.3. The van der Waals surface area contributed by atoms with Crippen LogP contribution in [0.15, 0.2) is 18.2 Å². The average molecular weight is 344 g/mol. The van der Waals surface area contributed by atoms with E-state index in [4.69, 9.17) is 9.31 Å². The Morgan fingerprint density at radius 2 is 1.16 bits per heavy atom. The second-order valence-corrected chi connectivity index (χ2v) is 8.59. The lowest BCUT2D eigenvalue weighted by atomic mass is 9.76. The van der Waals surface area contributed by atoms with Crippen LogP contribution in [0.5, 0.6) is 0 Å². The van der Waals surface area contributed by atoms with Gasteiger partial charge in [0.05, 0.1) is 11.2 Å². The molecule has 0 saturated carbocycles. The van der Waals surface area contributed by atoms with Crippen molar-refractivity contribution in [2.24, 2.45) is 0 Å². The first-order valence-corrected chi connectivity index (χ1v) is 10.3. The number of hydrogen-bond acceptors (Lipinski definition) is 2. The maximum absolute atomic E-state index is 6.29. The van der Waals surface area contributed by atoms with Gasteiger partial charge in [-0.25, -0.2) is 0 Å².